The molecule has 2 aromatic carbocycles. The van der Waals surface area contributed by atoms with E-state index in [1.165, 1.54) is 42.9 Å². The zero-order valence-electron chi connectivity index (χ0n) is 13.2. The van der Waals surface area contributed by atoms with E-state index in [2.05, 4.69) is 43.3 Å². The third kappa shape index (κ3) is 4.33. The molecular weight excluding hydrogens is 292 g/mol. The normalized spacial score (nSPS) is 21.7. The van der Waals surface area contributed by atoms with Gasteiger partial charge in [0.05, 0.1) is 0 Å². The summed E-state index contributed by atoms with van der Waals surface area (Å²) in [7, 11) is 0. The molecule has 2 N–H and O–H groups in total. The van der Waals surface area contributed by atoms with Crippen LogP contribution in [0.4, 0.5) is 0 Å². The largest absolute Gasteiger partial charge is 0.322 e. The van der Waals surface area contributed by atoms with Gasteiger partial charge >= 0.3 is 0 Å². The Morgan fingerprint density at radius 2 is 1.41 bits per heavy atom. The van der Waals surface area contributed by atoms with Crippen LogP contribution in [0, 0.1) is 6.92 Å². The molecule has 22 heavy (non-hydrogen) atoms. The fraction of sp³-hybridized carbons (Fsp3) is 0.368. The second kappa shape index (κ2) is 7.28. The summed E-state index contributed by atoms with van der Waals surface area (Å²) in [5.74, 6) is 0. The van der Waals surface area contributed by atoms with Crippen LogP contribution >= 0.6 is 11.6 Å². The Bertz CT molecular complexity index is 601. The zero-order valence-corrected chi connectivity index (χ0v) is 14.0. The summed E-state index contributed by atoms with van der Waals surface area (Å²) in [6, 6.07) is 17.2. The monoisotopic (exact) mass is 316 g/mol. The summed E-state index contributed by atoms with van der Waals surface area (Å²) in [6.07, 6.45) is 0. The molecule has 0 saturated carbocycles. The number of hydrogen-bond donors (Lipinski definition) is 2. The number of hydrogen-bond acceptors (Lipinski definition) is 0. The standard InChI is InChI=1S/C19H23ClN2/c1-16-3-2-4-18(13-16)15-22-11-9-21(10-12-22)14-17-5-7-19(20)8-6-17/h2-8,13H,9-12,14-15H2,1H3/p+2. The Kier molecular flexibility index (Phi) is 5.14. The summed E-state index contributed by atoms with van der Waals surface area (Å²) in [5, 5.41) is 0.825. The van der Waals surface area contributed by atoms with Gasteiger partial charge in [-0.05, 0) is 19.1 Å². The second-order valence-electron chi connectivity index (χ2n) is 6.47. The smallest absolute Gasteiger partial charge is 0.127 e. The highest BCUT2D eigenvalue weighted by Crippen LogP contribution is 2.08. The van der Waals surface area contributed by atoms with Crippen LogP contribution in [0.5, 0.6) is 0 Å². The molecule has 2 nitrogen and oxygen atoms in total. The number of halogens is 1. The van der Waals surface area contributed by atoms with Crippen molar-refractivity contribution in [3.63, 3.8) is 0 Å². The molecule has 0 bridgehead atoms. The number of benzene rings is 2. The highest BCUT2D eigenvalue weighted by atomic mass is 35.5. The first kappa shape index (κ1) is 15.5. The Morgan fingerprint density at radius 3 is 2.00 bits per heavy atom. The minimum absolute atomic E-state index is 0.825. The van der Waals surface area contributed by atoms with Gasteiger partial charge in [-0.3, -0.25) is 0 Å². The van der Waals surface area contributed by atoms with Gasteiger partial charge in [-0.25, -0.2) is 0 Å². The predicted molar refractivity (Wildman–Crippen MR) is 91.4 cm³/mol. The number of aryl methyl sites for hydroxylation is 1. The van der Waals surface area contributed by atoms with Crippen LogP contribution < -0.4 is 9.80 Å². The molecule has 1 saturated heterocycles. The summed E-state index contributed by atoms with van der Waals surface area (Å²) < 4.78 is 0. The molecule has 116 valence electrons. The van der Waals surface area contributed by atoms with Crippen molar-refractivity contribution >= 4 is 11.6 Å². The SMILES string of the molecule is Cc1cccc(C[NH+]2CC[NH+](Cc3ccc(Cl)cc3)CC2)c1. The predicted octanol–water partition coefficient (Wildman–Crippen LogP) is 1.13. The van der Waals surface area contributed by atoms with Crippen LogP contribution in [0.2, 0.25) is 5.02 Å². The molecule has 1 aliphatic rings. The molecule has 2 aromatic rings. The van der Waals surface area contributed by atoms with E-state index in [0.717, 1.165) is 18.1 Å². The van der Waals surface area contributed by atoms with Crippen molar-refractivity contribution in [3.05, 3.63) is 70.2 Å². The third-order valence-electron chi connectivity index (χ3n) is 4.57. The quantitative estimate of drug-likeness (QED) is 0.837. The van der Waals surface area contributed by atoms with Gasteiger partial charge < -0.3 is 9.80 Å². The van der Waals surface area contributed by atoms with Crippen molar-refractivity contribution in [1.29, 1.82) is 0 Å². The lowest BCUT2D eigenvalue weighted by Gasteiger charge is -2.29. The second-order valence-corrected chi connectivity index (χ2v) is 6.91. The molecule has 0 radical (unpaired) electrons. The Balaban J connectivity index is 1.49. The van der Waals surface area contributed by atoms with Crippen LogP contribution in [0.1, 0.15) is 16.7 Å². The number of rotatable bonds is 4. The summed E-state index contributed by atoms with van der Waals surface area (Å²) in [6.45, 7) is 9.49. The molecule has 1 aliphatic heterocycles. The van der Waals surface area contributed by atoms with E-state index < -0.39 is 0 Å². The number of piperazine rings is 1. The maximum absolute atomic E-state index is 5.95. The van der Waals surface area contributed by atoms with Gasteiger partial charge in [0, 0.05) is 16.1 Å². The zero-order chi connectivity index (χ0) is 15.4. The van der Waals surface area contributed by atoms with E-state index in [1.54, 1.807) is 9.80 Å². The molecule has 1 heterocycles. The molecule has 0 aromatic heterocycles. The highest BCUT2D eigenvalue weighted by Gasteiger charge is 2.23. The summed E-state index contributed by atoms with van der Waals surface area (Å²) >= 11 is 5.95. The van der Waals surface area contributed by atoms with E-state index in [0.29, 0.717) is 0 Å². The first-order chi connectivity index (χ1) is 10.7. The van der Waals surface area contributed by atoms with Gasteiger partial charge in [-0.1, -0.05) is 53.6 Å². The third-order valence-corrected chi connectivity index (χ3v) is 4.82. The van der Waals surface area contributed by atoms with Crippen molar-refractivity contribution in [2.75, 3.05) is 26.2 Å². The molecule has 0 amide bonds. The van der Waals surface area contributed by atoms with Gasteiger partial charge in [-0.15, -0.1) is 0 Å². The van der Waals surface area contributed by atoms with Crippen LogP contribution in [-0.4, -0.2) is 26.2 Å². The van der Waals surface area contributed by atoms with Crippen LogP contribution in [0.25, 0.3) is 0 Å². The fourth-order valence-corrected chi connectivity index (χ4v) is 3.44. The summed E-state index contributed by atoms with van der Waals surface area (Å²) in [4.78, 5) is 3.40. The Morgan fingerprint density at radius 1 is 0.818 bits per heavy atom. The first-order valence-corrected chi connectivity index (χ1v) is 8.54. The van der Waals surface area contributed by atoms with E-state index in [-0.39, 0.29) is 0 Å². The lowest BCUT2D eigenvalue weighted by atomic mass is 10.1. The lowest BCUT2D eigenvalue weighted by Crippen LogP contribution is -3.27. The highest BCUT2D eigenvalue weighted by molar-refractivity contribution is 6.30. The van der Waals surface area contributed by atoms with Crippen molar-refractivity contribution in [2.45, 2.75) is 20.0 Å². The minimum atomic E-state index is 0.825. The van der Waals surface area contributed by atoms with Crippen molar-refractivity contribution in [3.8, 4) is 0 Å². The van der Waals surface area contributed by atoms with E-state index >= 15 is 0 Å². The molecule has 0 atom stereocenters. The molecular formula is C19H25ClN2+2. The average molecular weight is 317 g/mol. The van der Waals surface area contributed by atoms with Crippen molar-refractivity contribution in [1.82, 2.24) is 0 Å². The molecule has 3 rings (SSSR count). The minimum Gasteiger partial charge on any atom is -0.322 e. The fourth-order valence-electron chi connectivity index (χ4n) is 3.31. The topological polar surface area (TPSA) is 8.88 Å². The van der Waals surface area contributed by atoms with Crippen molar-refractivity contribution < 1.29 is 9.80 Å². The van der Waals surface area contributed by atoms with Gasteiger partial charge in [0.25, 0.3) is 0 Å². The van der Waals surface area contributed by atoms with E-state index in [9.17, 15) is 0 Å². The van der Waals surface area contributed by atoms with Gasteiger partial charge in [0.1, 0.15) is 39.3 Å². The van der Waals surface area contributed by atoms with E-state index in [1.807, 2.05) is 12.1 Å². The van der Waals surface area contributed by atoms with Crippen LogP contribution in [0.3, 0.4) is 0 Å². The maximum atomic E-state index is 5.95. The molecule has 0 unspecified atom stereocenters. The molecule has 0 aliphatic carbocycles. The van der Waals surface area contributed by atoms with Gasteiger partial charge in [-0.2, -0.15) is 0 Å². The van der Waals surface area contributed by atoms with Crippen LogP contribution in [0.15, 0.2) is 48.5 Å². The average Bonchev–Trinajstić information content (AvgIpc) is 2.52. The van der Waals surface area contributed by atoms with Crippen molar-refractivity contribution in [2.24, 2.45) is 0 Å². The summed E-state index contributed by atoms with van der Waals surface area (Å²) in [5.41, 5.74) is 4.22. The first-order valence-electron chi connectivity index (χ1n) is 8.16. The van der Waals surface area contributed by atoms with E-state index in [4.69, 9.17) is 11.6 Å². The van der Waals surface area contributed by atoms with Gasteiger partial charge in [0.15, 0.2) is 0 Å². The molecule has 3 heteroatoms. The lowest BCUT2D eigenvalue weighted by molar-refractivity contribution is -1.02. The number of nitrogens with one attached hydrogen (secondary N) is 2. The van der Waals surface area contributed by atoms with Crippen LogP contribution in [-0.2, 0) is 13.1 Å². The number of quaternary nitrogens is 2. The Labute approximate surface area is 138 Å². The Hall–Kier alpha value is -1.35. The maximum Gasteiger partial charge on any atom is 0.127 e. The molecule has 0 spiro atoms. The molecule has 1 fully saturated rings. The van der Waals surface area contributed by atoms with Gasteiger partial charge in [0.2, 0.25) is 0 Å².